The number of hydrogen-bond acceptors (Lipinski definition) is 4. The first-order valence-electron chi connectivity index (χ1n) is 11.6. The highest BCUT2D eigenvalue weighted by molar-refractivity contribution is 6.06. The topological polar surface area (TPSA) is 91.6 Å². The van der Waals surface area contributed by atoms with Gasteiger partial charge in [-0.25, -0.2) is 0 Å². The van der Waals surface area contributed by atoms with Crippen LogP contribution in [-0.2, 0) is 16.1 Å². The zero-order valence-electron chi connectivity index (χ0n) is 18.8. The Labute approximate surface area is 184 Å². The van der Waals surface area contributed by atoms with E-state index in [1.165, 1.54) is 10.6 Å². The first kappa shape index (κ1) is 21.6. The second kappa shape index (κ2) is 9.24. The van der Waals surface area contributed by atoms with E-state index in [-0.39, 0.29) is 35.5 Å². The molecule has 0 radical (unpaired) electrons. The van der Waals surface area contributed by atoms with E-state index in [1.807, 2.05) is 18.5 Å². The Hall–Kier alpha value is -2.64. The number of aryl methyl sites for hydroxylation is 3. The van der Waals surface area contributed by atoms with E-state index in [2.05, 4.69) is 45.9 Å². The molecule has 4 atom stereocenters. The third kappa shape index (κ3) is 4.38. The average molecular weight is 427 g/mol. The van der Waals surface area contributed by atoms with Crippen molar-refractivity contribution >= 4 is 17.8 Å². The maximum atomic E-state index is 12.7. The number of aromatic nitrogens is 2. The van der Waals surface area contributed by atoms with Crippen LogP contribution in [0.15, 0.2) is 23.2 Å². The van der Waals surface area contributed by atoms with E-state index >= 15 is 0 Å². The van der Waals surface area contributed by atoms with Gasteiger partial charge in [-0.2, -0.15) is 5.10 Å². The molecule has 4 rings (SSSR count). The maximum absolute atomic E-state index is 12.7. The number of hydrogen-bond donors (Lipinski definition) is 2. The highest BCUT2D eigenvalue weighted by Gasteiger charge is 2.58. The monoisotopic (exact) mass is 426 g/mol. The van der Waals surface area contributed by atoms with E-state index < -0.39 is 0 Å². The van der Waals surface area contributed by atoms with Crippen LogP contribution in [-0.4, -0.2) is 58.6 Å². The van der Waals surface area contributed by atoms with Gasteiger partial charge in [0.25, 0.3) is 0 Å². The number of allylic oxidation sites excluding steroid dienone is 2. The molecule has 1 saturated heterocycles. The van der Waals surface area contributed by atoms with Crippen LogP contribution >= 0.6 is 0 Å². The summed E-state index contributed by atoms with van der Waals surface area (Å²) in [4.78, 5) is 31.6. The van der Waals surface area contributed by atoms with E-state index in [9.17, 15) is 9.59 Å². The van der Waals surface area contributed by atoms with Crippen LogP contribution in [0.5, 0.6) is 0 Å². The number of fused-ring (bicyclic) bond motifs is 5. The molecule has 0 spiro atoms. The molecule has 1 aromatic rings. The number of nitrogens with one attached hydrogen (secondary N) is 2. The van der Waals surface area contributed by atoms with Crippen molar-refractivity contribution in [1.82, 2.24) is 25.3 Å². The van der Waals surface area contributed by atoms with Crippen LogP contribution in [0, 0.1) is 37.5 Å². The van der Waals surface area contributed by atoms with Gasteiger partial charge in [-0.15, -0.1) is 0 Å². The van der Waals surface area contributed by atoms with Gasteiger partial charge in [0.15, 0.2) is 5.96 Å². The van der Waals surface area contributed by atoms with Crippen LogP contribution in [0.4, 0.5) is 0 Å². The number of guanidine groups is 1. The smallest absolute Gasteiger partial charge is 0.233 e. The quantitative estimate of drug-likeness (QED) is 0.206. The summed E-state index contributed by atoms with van der Waals surface area (Å²) in [6.45, 7) is 9.60. The molecule has 2 N–H and O–H groups in total. The van der Waals surface area contributed by atoms with Crippen molar-refractivity contribution < 1.29 is 9.59 Å². The summed E-state index contributed by atoms with van der Waals surface area (Å²) >= 11 is 0. The molecule has 0 aromatic carbocycles. The number of aliphatic imine (C=N–C) groups is 1. The lowest BCUT2D eigenvalue weighted by Gasteiger charge is -2.17. The van der Waals surface area contributed by atoms with Crippen molar-refractivity contribution in [2.24, 2.45) is 28.7 Å². The van der Waals surface area contributed by atoms with E-state index in [0.29, 0.717) is 19.5 Å². The van der Waals surface area contributed by atoms with Crippen molar-refractivity contribution in [2.75, 3.05) is 26.2 Å². The zero-order chi connectivity index (χ0) is 22.0. The lowest BCUT2D eigenvalue weighted by molar-refractivity contribution is -0.140. The minimum Gasteiger partial charge on any atom is -0.357 e. The van der Waals surface area contributed by atoms with Crippen LogP contribution in [0.1, 0.15) is 37.6 Å². The largest absolute Gasteiger partial charge is 0.357 e. The van der Waals surface area contributed by atoms with Crippen molar-refractivity contribution in [3.8, 4) is 0 Å². The van der Waals surface area contributed by atoms with Gasteiger partial charge in [-0.05, 0) is 57.9 Å². The summed E-state index contributed by atoms with van der Waals surface area (Å²) < 4.78 is 2.03. The first-order chi connectivity index (χ1) is 15.0. The van der Waals surface area contributed by atoms with Crippen LogP contribution in [0.3, 0.4) is 0 Å². The molecular formula is C23H34N6O2. The number of nitrogens with zero attached hydrogens (tertiary/aromatic N) is 4. The van der Waals surface area contributed by atoms with Crippen LogP contribution in [0.25, 0.3) is 0 Å². The fourth-order valence-corrected chi connectivity index (χ4v) is 5.28. The molecule has 1 aliphatic heterocycles. The Morgan fingerprint density at radius 1 is 1.10 bits per heavy atom. The summed E-state index contributed by atoms with van der Waals surface area (Å²) in [5, 5.41) is 11.1. The minimum atomic E-state index is -0.104. The van der Waals surface area contributed by atoms with Gasteiger partial charge in [0.05, 0.1) is 17.5 Å². The van der Waals surface area contributed by atoms with E-state index in [4.69, 9.17) is 0 Å². The molecule has 1 aromatic heterocycles. The third-order valence-corrected chi connectivity index (χ3v) is 6.66. The highest BCUT2D eigenvalue weighted by atomic mass is 16.2. The standard InChI is InChI=1S/C23H34N6O2/c1-4-24-23(26-10-6-12-29-16(3)13-15(2)27-29)25-9-5-11-28-21(30)19-17-7-8-18(14-17)20(19)22(28)31/h7-8,13,17-20H,4-6,9-12,14H2,1-3H3,(H2,24,25,26). The normalized spacial score (nSPS) is 26.8. The predicted molar refractivity (Wildman–Crippen MR) is 119 cm³/mol. The lowest BCUT2D eigenvalue weighted by Crippen LogP contribution is -2.38. The fourth-order valence-electron chi connectivity index (χ4n) is 5.28. The maximum Gasteiger partial charge on any atom is 0.233 e. The Morgan fingerprint density at radius 3 is 2.42 bits per heavy atom. The van der Waals surface area contributed by atoms with E-state index in [0.717, 1.165) is 44.1 Å². The van der Waals surface area contributed by atoms with Crippen molar-refractivity contribution in [3.05, 3.63) is 29.6 Å². The lowest BCUT2D eigenvalue weighted by atomic mass is 9.85. The summed E-state index contributed by atoms with van der Waals surface area (Å²) in [5.41, 5.74) is 2.22. The van der Waals surface area contributed by atoms with Gasteiger partial charge >= 0.3 is 0 Å². The molecule has 8 heteroatoms. The second-order valence-electron chi connectivity index (χ2n) is 8.87. The van der Waals surface area contributed by atoms with Gasteiger partial charge in [-0.1, -0.05) is 12.2 Å². The van der Waals surface area contributed by atoms with Crippen molar-refractivity contribution in [1.29, 1.82) is 0 Å². The molecule has 1 saturated carbocycles. The molecule has 168 valence electrons. The van der Waals surface area contributed by atoms with Gasteiger partial charge in [-0.3, -0.25) is 24.2 Å². The number of likely N-dealkylation sites (tertiary alicyclic amines) is 1. The number of carbonyl (C=O) groups is 2. The third-order valence-electron chi connectivity index (χ3n) is 6.66. The minimum absolute atomic E-state index is 0.0324. The molecule has 2 bridgehead atoms. The van der Waals surface area contributed by atoms with Crippen LogP contribution in [0.2, 0.25) is 0 Å². The first-order valence-corrected chi connectivity index (χ1v) is 11.6. The molecule has 2 aliphatic carbocycles. The molecule has 2 amide bonds. The molecule has 2 heterocycles. The van der Waals surface area contributed by atoms with Crippen molar-refractivity contribution in [2.45, 2.75) is 46.6 Å². The van der Waals surface area contributed by atoms with Gasteiger partial charge < -0.3 is 10.6 Å². The van der Waals surface area contributed by atoms with Gasteiger partial charge in [0, 0.05) is 38.4 Å². The SMILES string of the molecule is CCNC(=NCCCN1C(=O)C2C3C=CC(C3)C2C1=O)NCCCn1nc(C)cc1C. The molecule has 31 heavy (non-hydrogen) atoms. The molecular weight excluding hydrogens is 392 g/mol. The van der Waals surface area contributed by atoms with Gasteiger partial charge in [0.2, 0.25) is 11.8 Å². The van der Waals surface area contributed by atoms with E-state index in [1.54, 1.807) is 0 Å². The zero-order valence-corrected chi connectivity index (χ0v) is 18.8. The number of amides is 2. The molecule has 2 fully saturated rings. The van der Waals surface area contributed by atoms with Crippen molar-refractivity contribution in [3.63, 3.8) is 0 Å². The number of imide groups is 1. The summed E-state index contributed by atoms with van der Waals surface area (Å²) in [7, 11) is 0. The predicted octanol–water partition coefficient (Wildman–Crippen LogP) is 1.64. The Morgan fingerprint density at radius 2 is 1.81 bits per heavy atom. The summed E-state index contributed by atoms with van der Waals surface area (Å²) in [6, 6.07) is 2.09. The van der Waals surface area contributed by atoms with Crippen LogP contribution < -0.4 is 10.6 Å². The molecule has 8 nitrogen and oxygen atoms in total. The molecule has 3 aliphatic rings. The summed E-state index contributed by atoms with van der Waals surface area (Å²) in [5.74, 6) is 1.17. The average Bonchev–Trinajstić information content (AvgIpc) is 3.48. The second-order valence-corrected chi connectivity index (χ2v) is 8.87. The highest BCUT2D eigenvalue weighted by Crippen LogP contribution is 2.52. The number of carbonyl (C=O) groups excluding carboxylic acids is 2. The Kier molecular flexibility index (Phi) is 6.43. The molecule has 4 unspecified atom stereocenters. The Bertz CT molecular complexity index is 859. The fraction of sp³-hybridized carbons (Fsp3) is 0.652. The Balaban J connectivity index is 1.21. The summed E-state index contributed by atoms with van der Waals surface area (Å²) in [6.07, 6.45) is 6.87. The van der Waals surface area contributed by atoms with Gasteiger partial charge in [0.1, 0.15) is 0 Å². The number of rotatable bonds is 9.